The Bertz CT molecular complexity index is 330. The molecule has 0 aliphatic carbocycles. The summed E-state index contributed by atoms with van der Waals surface area (Å²) in [4.78, 5) is 3.97. The van der Waals surface area contributed by atoms with Gasteiger partial charge in [-0.3, -0.25) is 4.99 Å². The Balaban J connectivity index is 2.54. The Morgan fingerprint density at radius 2 is 2.07 bits per heavy atom. The topological polar surface area (TPSA) is 70.6 Å². The molecular weight excluding hydrogens is 190 g/mol. The largest absolute Gasteiger partial charge is 0.391 e. The van der Waals surface area contributed by atoms with E-state index in [-0.39, 0.29) is 0 Å². The zero-order chi connectivity index (χ0) is 11.3. The highest BCUT2D eigenvalue weighted by Crippen LogP contribution is 2.07. The molecule has 0 spiro atoms. The fourth-order valence-corrected chi connectivity index (χ4v) is 1.05. The van der Waals surface area contributed by atoms with Crippen LogP contribution in [0.5, 0.6) is 0 Å². The summed E-state index contributed by atoms with van der Waals surface area (Å²) in [5.41, 5.74) is 7.71. The number of hydrogen-bond donors (Lipinski definition) is 3. The van der Waals surface area contributed by atoms with Gasteiger partial charge in [-0.15, -0.1) is 0 Å². The van der Waals surface area contributed by atoms with Gasteiger partial charge in [-0.1, -0.05) is 17.7 Å². The molecule has 4 heteroatoms. The van der Waals surface area contributed by atoms with E-state index in [0.717, 1.165) is 5.69 Å². The number of nitrogens with zero attached hydrogens (tertiary/aromatic N) is 1. The predicted molar refractivity (Wildman–Crippen MR) is 63.0 cm³/mol. The number of anilines is 1. The van der Waals surface area contributed by atoms with Crippen LogP contribution in [0.25, 0.3) is 0 Å². The quantitative estimate of drug-likeness (QED) is 0.513. The molecule has 0 radical (unpaired) electrons. The van der Waals surface area contributed by atoms with Crippen LogP contribution in [0.3, 0.4) is 0 Å². The van der Waals surface area contributed by atoms with Gasteiger partial charge in [0.25, 0.3) is 0 Å². The highest BCUT2D eigenvalue weighted by Gasteiger charge is 1.96. The summed E-state index contributed by atoms with van der Waals surface area (Å²) in [6.07, 6.45) is -0.469. The Morgan fingerprint density at radius 3 is 2.60 bits per heavy atom. The van der Waals surface area contributed by atoms with Crippen molar-refractivity contribution < 1.29 is 5.11 Å². The lowest BCUT2D eigenvalue weighted by molar-refractivity contribution is 0.204. The minimum Gasteiger partial charge on any atom is -0.391 e. The third-order valence-corrected chi connectivity index (χ3v) is 1.85. The molecule has 4 nitrogen and oxygen atoms in total. The molecule has 1 atom stereocenters. The Labute approximate surface area is 89.8 Å². The summed E-state index contributed by atoms with van der Waals surface area (Å²) in [7, 11) is 0. The van der Waals surface area contributed by atoms with Crippen molar-refractivity contribution in [2.75, 3.05) is 11.9 Å². The maximum atomic E-state index is 9.01. The minimum absolute atomic E-state index is 0.310. The highest BCUT2D eigenvalue weighted by atomic mass is 16.3. The molecule has 1 unspecified atom stereocenters. The number of aliphatic hydroxyl groups is 1. The fraction of sp³-hybridized carbons (Fsp3) is 0.364. The van der Waals surface area contributed by atoms with Gasteiger partial charge in [0.05, 0.1) is 12.6 Å². The second kappa shape index (κ2) is 5.36. The molecule has 4 N–H and O–H groups in total. The zero-order valence-electron chi connectivity index (χ0n) is 9.07. The number of rotatable bonds is 3. The molecule has 15 heavy (non-hydrogen) atoms. The first-order valence-electron chi connectivity index (χ1n) is 4.89. The van der Waals surface area contributed by atoms with Crippen molar-refractivity contribution in [2.45, 2.75) is 20.0 Å². The van der Waals surface area contributed by atoms with Crippen molar-refractivity contribution in [3.05, 3.63) is 29.8 Å². The average Bonchev–Trinajstić information content (AvgIpc) is 2.19. The first kappa shape index (κ1) is 11.5. The first-order valence-corrected chi connectivity index (χ1v) is 4.89. The Hall–Kier alpha value is -1.55. The van der Waals surface area contributed by atoms with Crippen LogP contribution in [0.15, 0.2) is 29.3 Å². The van der Waals surface area contributed by atoms with E-state index in [2.05, 4.69) is 10.3 Å². The summed E-state index contributed by atoms with van der Waals surface area (Å²) in [6.45, 7) is 4.00. The normalized spacial score (nSPS) is 13.7. The van der Waals surface area contributed by atoms with E-state index in [1.807, 2.05) is 31.2 Å². The van der Waals surface area contributed by atoms with Gasteiger partial charge >= 0.3 is 0 Å². The molecule has 0 saturated heterocycles. The molecular formula is C11H17N3O. The Kier molecular flexibility index (Phi) is 4.12. The molecule has 0 heterocycles. The molecule has 0 aliphatic rings. The predicted octanol–water partition coefficient (Wildman–Crippen LogP) is 1.10. The van der Waals surface area contributed by atoms with Crippen LogP contribution < -0.4 is 11.1 Å². The number of guanidine groups is 1. The van der Waals surface area contributed by atoms with Gasteiger partial charge in [0.15, 0.2) is 5.96 Å². The lowest BCUT2D eigenvalue weighted by Gasteiger charge is -2.06. The van der Waals surface area contributed by atoms with Crippen molar-refractivity contribution in [1.29, 1.82) is 0 Å². The molecule has 0 bridgehead atoms. The molecule has 82 valence electrons. The summed E-state index contributed by atoms with van der Waals surface area (Å²) in [6, 6.07) is 7.84. The third kappa shape index (κ3) is 4.46. The van der Waals surface area contributed by atoms with Crippen LogP contribution in [-0.4, -0.2) is 23.7 Å². The van der Waals surface area contributed by atoms with E-state index in [0.29, 0.717) is 12.5 Å². The van der Waals surface area contributed by atoms with Gasteiger partial charge < -0.3 is 16.2 Å². The van der Waals surface area contributed by atoms with Gasteiger partial charge in [0.2, 0.25) is 0 Å². The maximum Gasteiger partial charge on any atom is 0.193 e. The molecule has 0 fully saturated rings. The summed E-state index contributed by atoms with van der Waals surface area (Å²) in [5, 5.41) is 12.0. The van der Waals surface area contributed by atoms with E-state index in [9.17, 15) is 0 Å². The van der Waals surface area contributed by atoms with E-state index < -0.39 is 6.10 Å². The van der Waals surface area contributed by atoms with Gasteiger partial charge in [-0.2, -0.15) is 0 Å². The second-order valence-electron chi connectivity index (χ2n) is 3.57. The number of nitrogens with one attached hydrogen (secondary N) is 1. The molecule has 1 aromatic rings. The molecule has 1 rings (SSSR count). The maximum absolute atomic E-state index is 9.01. The number of benzene rings is 1. The molecule has 0 aromatic heterocycles. The van der Waals surface area contributed by atoms with Gasteiger partial charge in [0.1, 0.15) is 0 Å². The van der Waals surface area contributed by atoms with Crippen molar-refractivity contribution >= 4 is 11.6 Å². The van der Waals surface area contributed by atoms with Gasteiger partial charge in [0, 0.05) is 5.69 Å². The van der Waals surface area contributed by atoms with Crippen LogP contribution in [0.2, 0.25) is 0 Å². The van der Waals surface area contributed by atoms with Gasteiger partial charge in [-0.05, 0) is 26.0 Å². The van der Waals surface area contributed by atoms with Crippen LogP contribution in [-0.2, 0) is 0 Å². The third-order valence-electron chi connectivity index (χ3n) is 1.85. The van der Waals surface area contributed by atoms with Crippen molar-refractivity contribution in [3.63, 3.8) is 0 Å². The van der Waals surface area contributed by atoms with E-state index in [4.69, 9.17) is 10.8 Å². The van der Waals surface area contributed by atoms with Crippen molar-refractivity contribution in [1.82, 2.24) is 0 Å². The summed E-state index contributed by atoms with van der Waals surface area (Å²) < 4.78 is 0. The monoisotopic (exact) mass is 207 g/mol. The van der Waals surface area contributed by atoms with Crippen LogP contribution in [0.4, 0.5) is 5.69 Å². The zero-order valence-corrected chi connectivity index (χ0v) is 9.07. The second-order valence-corrected chi connectivity index (χ2v) is 3.57. The SMILES string of the molecule is Cc1ccc(NC(N)=NCC(C)O)cc1. The number of aryl methyl sites for hydroxylation is 1. The standard InChI is InChI=1S/C11H17N3O/c1-8-3-5-10(6-4-8)14-11(12)13-7-9(2)15/h3-6,9,15H,7H2,1-2H3,(H3,12,13,14). The van der Waals surface area contributed by atoms with E-state index in [1.165, 1.54) is 5.56 Å². The lowest BCUT2D eigenvalue weighted by atomic mass is 10.2. The van der Waals surface area contributed by atoms with Crippen LogP contribution >= 0.6 is 0 Å². The van der Waals surface area contributed by atoms with Crippen LogP contribution in [0.1, 0.15) is 12.5 Å². The van der Waals surface area contributed by atoms with Crippen LogP contribution in [0, 0.1) is 6.92 Å². The van der Waals surface area contributed by atoms with E-state index in [1.54, 1.807) is 6.92 Å². The number of aliphatic imine (C=N–C) groups is 1. The van der Waals surface area contributed by atoms with Crippen molar-refractivity contribution in [2.24, 2.45) is 10.7 Å². The molecule has 0 saturated carbocycles. The molecule has 0 aliphatic heterocycles. The van der Waals surface area contributed by atoms with Gasteiger partial charge in [-0.25, -0.2) is 0 Å². The average molecular weight is 207 g/mol. The van der Waals surface area contributed by atoms with E-state index >= 15 is 0 Å². The first-order chi connectivity index (χ1) is 7.08. The highest BCUT2D eigenvalue weighted by molar-refractivity contribution is 5.92. The summed E-state index contributed by atoms with van der Waals surface area (Å²) in [5.74, 6) is 0.319. The summed E-state index contributed by atoms with van der Waals surface area (Å²) >= 11 is 0. The smallest absolute Gasteiger partial charge is 0.193 e. The number of aliphatic hydroxyl groups excluding tert-OH is 1. The molecule has 0 amide bonds. The Morgan fingerprint density at radius 1 is 1.47 bits per heavy atom. The lowest BCUT2D eigenvalue weighted by Crippen LogP contribution is -2.24. The number of hydrogen-bond acceptors (Lipinski definition) is 2. The van der Waals surface area contributed by atoms with Crippen molar-refractivity contribution in [3.8, 4) is 0 Å². The fourth-order valence-electron chi connectivity index (χ4n) is 1.05. The molecule has 1 aromatic carbocycles. The minimum atomic E-state index is -0.469. The number of nitrogens with two attached hydrogens (primary N) is 1.